The van der Waals surface area contributed by atoms with Crippen molar-refractivity contribution in [2.24, 2.45) is 9.98 Å². The molecular weight excluding hydrogens is 289 g/mol. The minimum Gasteiger partial charge on any atom is -0.255 e. The Morgan fingerprint density at radius 2 is 1.36 bits per heavy atom. The van der Waals surface area contributed by atoms with Crippen LogP contribution in [-0.4, -0.2) is 17.6 Å². The van der Waals surface area contributed by atoms with Gasteiger partial charge in [-0.3, -0.25) is 4.99 Å². The summed E-state index contributed by atoms with van der Waals surface area (Å²) in [6, 6.07) is 15.1. The normalized spacial score (nSPS) is 18.1. The van der Waals surface area contributed by atoms with Gasteiger partial charge in [-0.2, -0.15) is 13.2 Å². The summed E-state index contributed by atoms with van der Waals surface area (Å²) in [5.41, 5.74) is 0.789. The van der Waals surface area contributed by atoms with E-state index in [-0.39, 0.29) is 5.69 Å². The fourth-order valence-electron chi connectivity index (χ4n) is 2.57. The summed E-state index contributed by atoms with van der Waals surface area (Å²) in [5.74, 6) is -0.992. The van der Waals surface area contributed by atoms with E-state index in [1.54, 1.807) is 61.5 Å². The predicted octanol–water partition coefficient (Wildman–Crippen LogP) is 5.21. The number of hydrogen-bond acceptors (Lipinski definition) is 2. The minimum atomic E-state index is -4.52. The van der Waals surface area contributed by atoms with Crippen LogP contribution in [0.3, 0.4) is 0 Å². The topological polar surface area (TPSA) is 24.7 Å². The molecule has 1 heterocycles. The second-order valence-corrected chi connectivity index (χ2v) is 5.08. The summed E-state index contributed by atoms with van der Waals surface area (Å²) in [6.07, 6.45) is -4.52. The van der Waals surface area contributed by atoms with Crippen LogP contribution >= 0.6 is 0 Å². The zero-order valence-corrected chi connectivity index (χ0v) is 11.8. The summed E-state index contributed by atoms with van der Waals surface area (Å²) < 4.78 is 40.6. The number of aliphatic imine (C=N–C) groups is 2. The molecule has 0 spiro atoms. The van der Waals surface area contributed by atoms with Crippen LogP contribution in [0.15, 0.2) is 64.6 Å². The van der Waals surface area contributed by atoms with E-state index in [4.69, 9.17) is 0 Å². The van der Waals surface area contributed by atoms with Crippen molar-refractivity contribution in [3.63, 3.8) is 0 Å². The molecule has 0 fully saturated rings. The van der Waals surface area contributed by atoms with Gasteiger partial charge >= 0.3 is 6.18 Å². The van der Waals surface area contributed by atoms with Crippen LogP contribution in [0.25, 0.3) is 0 Å². The number of para-hydroxylation sites is 2. The molecule has 2 aromatic carbocycles. The summed E-state index contributed by atoms with van der Waals surface area (Å²) >= 11 is 0. The quantitative estimate of drug-likeness (QED) is 0.690. The lowest BCUT2D eigenvalue weighted by molar-refractivity contribution is -0.0604. The highest BCUT2D eigenvalue weighted by molar-refractivity contribution is 6.16. The van der Waals surface area contributed by atoms with Crippen LogP contribution in [0.5, 0.6) is 0 Å². The summed E-state index contributed by atoms with van der Waals surface area (Å²) in [7, 11) is 0. The van der Waals surface area contributed by atoms with E-state index in [0.29, 0.717) is 17.0 Å². The van der Waals surface area contributed by atoms with Gasteiger partial charge in [0, 0.05) is 5.71 Å². The first-order valence-electron chi connectivity index (χ1n) is 6.82. The third-order valence-corrected chi connectivity index (χ3v) is 3.53. The number of benzene rings is 2. The van der Waals surface area contributed by atoms with Gasteiger partial charge in [0.1, 0.15) is 5.71 Å². The molecule has 5 heteroatoms. The molecule has 0 saturated heterocycles. The van der Waals surface area contributed by atoms with Crippen molar-refractivity contribution in [1.29, 1.82) is 0 Å². The van der Waals surface area contributed by atoms with E-state index in [1.807, 2.05) is 0 Å². The molecule has 2 aromatic rings. The van der Waals surface area contributed by atoms with Crippen LogP contribution < -0.4 is 0 Å². The number of fused-ring (bicyclic) bond motifs is 1. The highest BCUT2D eigenvalue weighted by atomic mass is 19.4. The lowest BCUT2D eigenvalue weighted by Crippen LogP contribution is -2.32. The Morgan fingerprint density at radius 3 is 1.95 bits per heavy atom. The highest BCUT2D eigenvalue weighted by Gasteiger charge is 2.43. The number of rotatable bonds is 1. The molecule has 0 bridgehead atoms. The monoisotopic (exact) mass is 302 g/mol. The van der Waals surface area contributed by atoms with E-state index in [1.165, 1.54) is 0 Å². The molecule has 1 atom stereocenters. The smallest absolute Gasteiger partial charge is 0.255 e. The van der Waals surface area contributed by atoms with Crippen LogP contribution in [0.1, 0.15) is 18.4 Å². The summed E-state index contributed by atoms with van der Waals surface area (Å²) in [4.78, 5) is 8.26. The molecule has 0 aliphatic carbocycles. The van der Waals surface area contributed by atoms with Gasteiger partial charge in [0.15, 0.2) is 0 Å². The van der Waals surface area contributed by atoms with Crippen molar-refractivity contribution in [3.05, 3.63) is 60.2 Å². The Hall–Kier alpha value is -2.43. The van der Waals surface area contributed by atoms with Gasteiger partial charge in [0.25, 0.3) is 0 Å². The molecule has 0 saturated carbocycles. The van der Waals surface area contributed by atoms with Gasteiger partial charge in [-0.1, -0.05) is 42.5 Å². The Kier molecular flexibility index (Phi) is 3.56. The van der Waals surface area contributed by atoms with Crippen LogP contribution in [0, 0.1) is 0 Å². The second kappa shape index (κ2) is 5.40. The van der Waals surface area contributed by atoms with Crippen molar-refractivity contribution >= 4 is 22.8 Å². The summed E-state index contributed by atoms with van der Waals surface area (Å²) in [6.45, 7) is 1.61. The van der Waals surface area contributed by atoms with Gasteiger partial charge in [0.2, 0.25) is 0 Å². The van der Waals surface area contributed by atoms with Gasteiger partial charge in [0.05, 0.1) is 17.3 Å². The van der Waals surface area contributed by atoms with Crippen molar-refractivity contribution < 1.29 is 13.2 Å². The number of hydrogen-bond donors (Lipinski definition) is 0. The van der Waals surface area contributed by atoms with Crippen molar-refractivity contribution in [2.75, 3.05) is 0 Å². The first kappa shape index (κ1) is 14.5. The van der Waals surface area contributed by atoms with Gasteiger partial charge in [-0.25, -0.2) is 4.99 Å². The number of alkyl halides is 3. The maximum absolute atomic E-state index is 13.5. The third-order valence-electron chi connectivity index (χ3n) is 3.53. The van der Waals surface area contributed by atoms with Crippen LogP contribution in [0.4, 0.5) is 24.5 Å². The largest absolute Gasteiger partial charge is 0.430 e. The molecule has 0 amide bonds. The standard InChI is InChI=1S/C17H13F3N2/c1-11-15(12-7-3-2-4-8-12)16(17(18,19)20)22-14-10-6-5-9-13(14)21-11/h2-10,15H,1H3. The molecule has 112 valence electrons. The van der Waals surface area contributed by atoms with Gasteiger partial charge < -0.3 is 0 Å². The average Bonchev–Trinajstić information content (AvgIpc) is 2.63. The lowest BCUT2D eigenvalue weighted by atomic mass is 9.89. The molecule has 1 aliphatic rings. The fraction of sp³-hybridized carbons (Fsp3) is 0.176. The van der Waals surface area contributed by atoms with Crippen LogP contribution in [0.2, 0.25) is 0 Å². The van der Waals surface area contributed by atoms with Gasteiger partial charge in [-0.05, 0) is 24.6 Å². The third kappa shape index (κ3) is 2.66. The van der Waals surface area contributed by atoms with E-state index < -0.39 is 17.8 Å². The average molecular weight is 302 g/mol. The zero-order valence-electron chi connectivity index (χ0n) is 11.8. The van der Waals surface area contributed by atoms with Crippen molar-refractivity contribution in [3.8, 4) is 0 Å². The van der Waals surface area contributed by atoms with Crippen LogP contribution in [-0.2, 0) is 0 Å². The Morgan fingerprint density at radius 1 is 0.818 bits per heavy atom. The van der Waals surface area contributed by atoms with Gasteiger partial charge in [-0.15, -0.1) is 0 Å². The highest BCUT2D eigenvalue weighted by Crippen LogP contribution is 2.39. The molecular formula is C17H13F3N2. The van der Waals surface area contributed by atoms with Crippen molar-refractivity contribution in [1.82, 2.24) is 0 Å². The molecule has 1 aliphatic heterocycles. The predicted molar refractivity (Wildman–Crippen MR) is 81.5 cm³/mol. The Balaban J connectivity index is 2.25. The summed E-state index contributed by atoms with van der Waals surface area (Å²) in [5, 5.41) is 0. The Labute approximate surface area is 126 Å². The lowest BCUT2D eigenvalue weighted by Gasteiger charge is -2.20. The fourth-order valence-corrected chi connectivity index (χ4v) is 2.57. The molecule has 0 radical (unpaired) electrons. The first-order valence-corrected chi connectivity index (χ1v) is 6.82. The first-order chi connectivity index (χ1) is 10.5. The van der Waals surface area contributed by atoms with E-state index in [2.05, 4.69) is 9.98 Å². The number of halogens is 3. The molecule has 22 heavy (non-hydrogen) atoms. The maximum Gasteiger partial charge on any atom is 0.430 e. The van der Waals surface area contributed by atoms with E-state index >= 15 is 0 Å². The Bertz CT molecular complexity index is 746. The second-order valence-electron chi connectivity index (χ2n) is 5.08. The maximum atomic E-state index is 13.5. The molecule has 1 unspecified atom stereocenters. The molecule has 3 rings (SSSR count). The van der Waals surface area contributed by atoms with E-state index in [9.17, 15) is 13.2 Å². The molecule has 2 nitrogen and oxygen atoms in total. The SMILES string of the molecule is CC1=Nc2ccccc2N=C(C(F)(F)F)C1c1ccccc1. The van der Waals surface area contributed by atoms with Crippen molar-refractivity contribution in [2.45, 2.75) is 19.0 Å². The van der Waals surface area contributed by atoms with E-state index in [0.717, 1.165) is 0 Å². The molecule has 0 aromatic heterocycles. The molecule has 0 N–H and O–H groups in total. The zero-order chi connectivity index (χ0) is 15.7. The number of nitrogens with zero attached hydrogens (tertiary/aromatic N) is 2. The minimum absolute atomic E-state index is 0.243.